The Morgan fingerprint density at radius 3 is 2.62 bits per heavy atom. The fraction of sp³-hybridized carbons (Fsp3) is 0.615. The van der Waals surface area contributed by atoms with Crippen LogP contribution in [0.3, 0.4) is 0 Å². The Morgan fingerprint density at radius 2 is 2.04 bits per heavy atom. The Morgan fingerprint density at radius 1 is 1.42 bits per heavy atom. The van der Waals surface area contributed by atoms with Crippen molar-refractivity contribution in [2.24, 2.45) is 0 Å². The van der Waals surface area contributed by atoms with Crippen LogP contribution < -0.4 is 15.8 Å². The summed E-state index contributed by atoms with van der Waals surface area (Å²) in [6, 6.07) is -0.619. The maximum Gasteiger partial charge on any atom is 0.405 e. The van der Waals surface area contributed by atoms with Gasteiger partial charge < -0.3 is 11.1 Å². The quantitative estimate of drug-likeness (QED) is 0.682. The fourth-order valence-corrected chi connectivity index (χ4v) is 3.68. The normalized spacial score (nSPS) is 18.5. The van der Waals surface area contributed by atoms with Crippen molar-refractivity contribution in [1.82, 2.24) is 19.9 Å². The Balaban J connectivity index is 2.17. The number of sulfonamides is 1. The van der Waals surface area contributed by atoms with Crippen molar-refractivity contribution >= 4 is 15.8 Å². The first-order valence-electron chi connectivity index (χ1n) is 7.34. The van der Waals surface area contributed by atoms with Gasteiger partial charge in [-0.3, -0.25) is 4.90 Å². The predicted molar refractivity (Wildman–Crippen MR) is 82.9 cm³/mol. The van der Waals surface area contributed by atoms with Gasteiger partial charge in [-0.25, -0.2) is 18.1 Å². The molecule has 0 amide bonds. The summed E-state index contributed by atoms with van der Waals surface area (Å²) in [6.45, 7) is 2.08. The summed E-state index contributed by atoms with van der Waals surface area (Å²) < 4.78 is 66.5. The van der Waals surface area contributed by atoms with Crippen LogP contribution in [0.15, 0.2) is 17.2 Å². The van der Waals surface area contributed by atoms with Crippen LogP contribution in [0.4, 0.5) is 19.0 Å². The van der Waals surface area contributed by atoms with E-state index in [-0.39, 0.29) is 23.8 Å². The summed E-state index contributed by atoms with van der Waals surface area (Å²) in [5.74, 6) is -0.251. The van der Waals surface area contributed by atoms with Crippen LogP contribution in [0.25, 0.3) is 0 Å². The molecule has 11 heteroatoms. The molecule has 0 bridgehead atoms. The van der Waals surface area contributed by atoms with Gasteiger partial charge in [-0.2, -0.15) is 13.2 Å². The number of rotatable bonds is 5. The highest BCUT2D eigenvalue weighted by Gasteiger charge is 2.44. The van der Waals surface area contributed by atoms with Crippen LogP contribution in [0.1, 0.15) is 5.56 Å². The number of nitrogens with zero attached hydrogens (tertiary/aromatic N) is 2. The van der Waals surface area contributed by atoms with Crippen molar-refractivity contribution in [3.63, 3.8) is 0 Å². The number of halogens is 3. The molecule has 1 atom stereocenters. The number of nitrogens with one attached hydrogen (secondary N) is 2. The van der Waals surface area contributed by atoms with Crippen molar-refractivity contribution < 1.29 is 21.6 Å². The van der Waals surface area contributed by atoms with E-state index in [0.29, 0.717) is 18.7 Å². The summed E-state index contributed by atoms with van der Waals surface area (Å²) in [6.07, 6.45) is -3.16. The van der Waals surface area contributed by atoms with Gasteiger partial charge in [-0.05, 0) is 18.6 Å². The lowest BCUT2D eigenvalue weighted by atomic mass is 10.2. The topological polar surface area (TPSA) is 100 Å². The zero-order valence-electron chi connectivity index (χ0n) is 13.1. The molecule has 136 valence electrons. The van der Waals surface area contributed by atoms with E-state index >= 15 is 0 Å². The van der Waals surface area contributed by atoms with Gasteiger partial charge in [0.15, 0.2) is 0 Å². The summed E-state index contributed by atoms with van der Waals surface area (Å²) in [5, 5.41) is 2.96. The third kappa shape index (κ3) is 4.56. The lowest BCUT2D eigenvalue weighted by Gasteiger charge is -2.35. The lowest BCUT2D eigenvalue weighted by molar-refractivity contribution is -0.182. The second kappa shape index (κ2) is 7.21. The number of anilines is 1. The van der Waals surface area contributed by atoms with Gasteiger partial charge in [-0.1, -0.05) is 0 Å². The molecule has 2 rings (SSSR count). The van der Waals surface area contributed by atoms with Gasteiger partial charge in [0.25, 0.3) is 0 Å². The molecule has 0 aliphatic carbocycles. The van der Waals surface area contributed by atoms with Crippen LogP contribution in [-0.4, -0.2) is 63.2 Å². The SMILES string of the molecule is Cc1cnc(N)c(S(=O)(=O)NCC(N2CCNCC2)C(F)(F)F)c1. The second-order valence-corrected chi connectivity index (χ2v) is 7.33. The Labute approximate surface area is 138 Å². The van der Waals surface area contributed by atoms with Gasteiger partial charge in [0.1, 0.15) is 16.8 Å². The summed E-state index contributed by atoms with van der Waals surface area (Å²) in [7, 11) is -4.19. The number of aryl methyl sites for hydroxylation is 1. The highest BCUT2D eigenvalue weighted by Crippen LogP contribution is 2.25. The molecule has 1 saturated heterocycles. The summed E-state index contributed by atoms with van der Waals surface area (Å²) in [4.78, 5) is 4.63. The number of nitrogen functional groups attached to an aromatic ring is 1. The third-order valence-electron chi connectivity index (χ3n) is 3.74. The molecule has 24 heavy (non-hydrogen) atoms. The first kappa shape index (κ1) is 18.9. The average Bonchev–Trinajstić information content (AvgIpc) is 2.49. The van der Waals surface area contributed by atoms with E-state index in [1.165, 1.54) is 17.2 Å². The van der Waals surface area contributed by atoms with Crippen molar-refractivity contribution in [3.8, 4) is 0 Å². The lowest BCUT2D eigenvalue weighted by Crippen LogP contribution is -2.57. The molecule has 2 heterocycles. The molecular weight excluding hydrogens is 347 g/mol. The Bertz CT molecular complexity index is 675. The van der Waals surface area contributed by atoms with Crippen molar-refractivity contribution in [3.05, 3.63) is 17.8 Å². The minimum Gasteiger partial charge on any atom is -0.383 e. The summed E-state index contributed by atoms with van der Waals surface area (Å²) >= 11 is 0. The monoisotopic (exact) mass is 367 g/mol. The fourth-order valence-electron chi connectivity index (χ4n) is 2.48. The molecule has 1 aliphatic heterocycles. The maximum absolute atomic E-state index is 13.3. The van der Waals surface area contributed by atoms with Crippen LogP contribution >= 0.6 is 0 Å². The first-order chi connectivity index (χ1) is 11.1. The first-order valence-corrected chi connectivity index (χ1v) is 8.83. The van der Waals surface area contributed by atoms with E-state index in [2.05, 4.69) is 10.3 Å². The van der Waals surface area contributed by atoms with Gasteiger partial charge in [0.2, 0.25) is 10.0 Å². The van der Waals surface area contributed by atoms with Crippen LogP contribution in [0.2, 0.25) is 0 Å². The van der Waals surface area contributed by atoms with Gasteiger partial charge in [0.05, 0.1) is 0 Å². The number of hydrogen-bond donors (Lipinski definition) is 3. The smallest absolute Gasteiger partial charge is 0.383 e. The highest BCUT2D eigenvalue weighted by molar-refractivity contribution is 7.89. The molecule has 4 N–H and O–H groups in total. The maximum atomic E-state index is 13.3. The van der Waals surface area contributed by atoms with Crippen molar-refractivity contribution in [2.75, 3.05) is 38.5 Å². The van der Waals surface area contributed by atoms with Crippen molar-refractivity contribution in [2.45, 2.75) is 24.0 Å². The van der Waals surface area contributed by atoms with E-state index in [9.17, 15) is 21.6 Å². The van der Waals surface area contributed by atoms with Crippen molar-refractivity contribution in [1.29, 1.82) is 0 Å². The number of aromatic nitrogens is 1. The molecule has 1 fully saturated rings. The minimum atomic E-state index is -4.55. The van der Waals surface area contributed by atoms with Crippen LogP contribution in [-0.2, 0) is 10.0 Å². The average molecular weight is 367 g/mol. The molecule has 0 saturated carbocycles. The number of piperazine rings is 1. The standard InChI is InChI=1S/C13H20F3N5O2S/c1-9-6-10(12(17)19-7-9)24(22,23)20-8-11(13(14,15)16)21-4-2-18-3-5-21/h6-7,11,18,20H,2-5,8H2,1H3,(H2,17,19). The molecule has 1 unspecified atom stereocenters. The Kier molecular flexibility index (Phi) is 5.68. The van der Waals surface area contributed by atoms with Gasteiger partial charge >= 0.3 is 6.18 Å². The molecule has 1 aliphatic rings. The zero-order valence-corrected chi connectivity index (χ0v) is 13.9. The molecule has 0 radical (unpaired) electrons. The molecule has 1 aromatic heterocycles. The van der Waals surface area contributed by atoms with Crippen LogP contribution in [0.5, 0.6) is 0 Å². The minimum absolute atomic E-state index is 0.194. The number of alkyl halides is 3. The largest absolute Gasteiger partial charge is 0.405 e. The predicted octanol–water partition coefficient (Wildman–Crippen LogP) is 0.0866. The van der Waals surface area contributed by atoms with Crippen LogP contribution in [0, 0.1) is 6.92 Å². The molecule has 1 aromatic rings. The number of nitrogens with two attached hydrogens (primary N) is 1. The van der Waals surface area contributed by atoms with E-state index in [4.69, 9.17) is 5.73 Å². The van der Waals surface area contributed by atoms with E-state index in [0.717, 1.165) is 0 Å². The van der Waals surface area contributed by atoms with E-state index in [1.54, 1.807) is 6.92 Å². The molecule has 0 aromatic carbocycles. The van der Waals surface area contributed by atoms with E-state index in [1.807, 2.05) is 4.72 Å². The van der Waals surface area contributed by atoms with Gasteiger partial charge in [0, 0.05) is 38.9 Å². The van der Waals surface area contributed by atoms with Gasteiger partial charge in [-0.15, -0.1) is 0 Å². The third-order valence-corrected chi connectivity index (χ3v) is 5.20. The summed E-state index contributed by atoms with van der Waals surface area (Å²) in [5.41, 5.74) is 6.08. The molecule has 7 nitrogen and oxygen atoms in total. The number of hydrogen-bond acceptors (Lipinski definition) is 6. The molecular formula is C13H20F3N5O2S. The molecule has 0 spiro atoms. The van der Waals surface area contributed by atoms with E-state index < -0.39 is 28.8 Å². The second-order valence-electron chi connectivity index (χ2n) is 5.59. The number of pyridine rings is 1. The highest BCUT2D eigenvalue weighted by atomic mass is 32.2. The zero-order chi connectivity index (χ0) is 18.0. The Hall–Kier alpha value is -1.43.